The van der Waals surface area contributed by atoms with Crippen molar-refractivity contribution >= 4 is 15.9 Å². The summed E-state index contributed by atoms with van der Waals surface area (Å²) in [6.45, 7) is 2.20. The van der Waals surface area contributed by atoms with Crippen LogP contribution in [-0.4, -0.2) is 69.6 Å². The average molecular weight is 382 g/mol. The maximum atomic E-state index is 12.6. The van der Waals surface area contributed by atoms with E-state index in [-0.39, 0.29) is 17.6 Å². The van der Waals surface area contributed by atoms with Crippen LogP contribution < -0.4 is 5.32 Å². The highest BCUT2D eigenvalue weighted by atomic mass is 32.2. The number of nitrogens with one attached hydrogen (secondary N) is 1. The quantitative estimate of drug-likeness (QED) is 0.701. The first-order valence-corrected chi connectivity index (χ1v) is 10.9. The molecule has 0 bridgehead atoms. The van der Waals surface area contributed by atoms with E-state index in [1.807, 2.05) is 49.3 Å². The maximum absolute atomic E-state index is 12.6. The van der Waals surface area contributed by atoms with Crippen molar-refractivity contribution in [3.05, 3.63) is 35.9 Å². The monoisotopic (exact) mass is 381 g/mol. The third-order valence-corrected chi connectivity index (χ3v) is 6.64. The fraction of sp³-hybridized carbons (Fsp3) is 0.632. The van der Waals surface area contributed by atoms with E-state index in [4.69, 9.17) is 0 Å². The van der Waals surface area contributed by atoms with Crippen LogP contribution in [0.3, 0.4) is 0 Å². The Morgan fingerprint density at radius 3 is 2.69 bits per heavy atom. The Kier molecular flexibility index (Phi) is 8.06. The lowest BCUT2D eigenvalue weighted by molar-refractivity contribution is -0.126. The maximum Gasteiger partial charge on any atom is 0.224 e. The Balaban J connectivity index is 1.81. The number of hydrogen-bond acceptors (Lipinski definition) is 4. The summed E-state index contributed by atoms with van der Waals surface area (Å²) in [7, 11) is 0.601. The number of piperidine rings is 1. The molecule has 26 heavy (non-hydrogen) atoms. The molecule has 0 unspecified atom stereocenters. The zero-order chi connectivity index (χ0) is 19.0. The van der Waals surface area contributed by atoms with Gasteiger partial charge in [0.1, 0.15) is 0 Å². The molecule has 1 aromatic rings. The van der Waals surface area contributed by atoms with Gasteiger partial charge in [-0.2, -0.15) is 0 Å². The molecule has 0 spiro atoms. The highest BCUT2D eigenvalue weighted by Crippen LogP contribution is 2.20. The minimum atomic E-state index is -3.31. The molecule has 0 radical (unpaired) electrons. The van der Waals surface area contributed by atoms with Gasteiger partial charge in [0, 0.05) is 26.2 Å². The molecule has 0 aromatic heterocycles. The van der Waals surface area contributed by atoms with Crippen molar-refractivity contribution in [2.45, 2.75) is 25.7 Å². The van der Waals surface area contributed by atoms with Gasteiger partial charge in [-0.1, -0.05) is 30.3 Å². The molecule has 1 heterocycles. The molecular formula is C19H31N3O3S. The SMILES string of the molecule is CN(C)CCNC(=O)[C@@H]1CCCN(S(=O)(=O)CCCc2ccccc2)C1. The fourth-order valence-corrected chi connectivity index (χ4v) is 4.77. The van der Waals surface area contributed by atoms with E-state index in [0.29, 0.717) is 26.1 Å². The summed E-state index contributed by atoms with van der Waals surface area (Å²) in [5.74, 6) is -0.137. The van der Waals surface area contributed by atoms with Crippen LogP contribution in [0.25, 0.3) is 0 Å². The molecule has 6 nitrogen and oxygen atoms in total. The molecule has 1 aromatic carbocycles. The van der Waals surface area contributed by atoms with Crippen molar-refractivity contribution in [2.24, 2.45) is 5.92 Å². The largest absolute Gasteiger partial charge is 0.355 e. The highest BCUT2D eigenvalue weighted by Gasteiger charge is 2.31. The van der Waals surface area contributed by atoms with Crippen LogP contribution in [0.5, 0.6) is 0 Å². The smallest absolute Gasteiger partial charge is 0.224 e. The van der Waals surface area contributed by atoms with Crippen LogP contribution in [-0.2, 0) is 21.2 Å². The third kappa shape index (κ3) is 6.70. The first kappa shape index (κ1) is 20.9. The minimum Gasteiger partial charge on any atom is -0.355 e. The number of amides is 1. The molecule has 1 saturated heterocycles. The number of rotatable bonds is 9. The van der Waals surface area contributed by atoms with Crippen molar-refractivity contribution in [2.75, 3.05) is 46.0 Å². The summed E-state index contributed by atoms with van der Waals surface area (Å²) in [5, 5.41) is 2.92. The van der Waals surface area contributed by atoms with Gasteiger partial charge in [-0.05, 0) is 45.3 Å². The lowest BCUT2D eigenvalue weighted by Crippen LogP contribution is -2.46. The molecule has 2 rings (SSSR count). The van der Waals surface area contributed by atoms with Crippen molar-refractivity contribution < 1.29 is 13.2 Å². The van der Waals surface area contributed by atoms with Gasteiger partial charge in [0.15, 0.2) is 0 Å². The Bertz CT molecular complexity index is 662. The van der Waals surface area contributed by atoms with E-state index in [1.165, 1.54) is 4.31 Å². The molecule has 0 aliphatic carbocycles. The van der Waals surface area contributed by atoms with Gasteiger partial charge >= 0.3 is 0 Å². The van der Waals surface area contributed by atoms with Gasteiger partial charge in [-0.15, -0.1) is 0 Å². The highest BCUT2D eigenvalue weighted by molar-refractivity contribution is 7.89. The fourth-order valence-electron chi connectivity index (χ4n) is 3.19. The molecule has 1 atom stereocenters. The van der Waals surface area contributed by atoms with Gasteiger partial charge in [0.05, 0.1) is 11.7 Å². The second kappa shape index (κ2) is 10.0. The number of carbonyl (C=O) groups is 1. The summed E-state index contributed by atoms with van der Waals surface area (Å²) >= 11 is 0. The topological polar surface area (TPSA) is 69.7 Å². The zero-order valence-electron chi connectivity index (χ0n) is 15.9. The summed E-state index contributed by atoms with van der Waals surface area (Å²) < 4.78 is 26.8. The standard InChI is InChI=1S/C19H31N3O3S/c1-21(2)14-12-20-19(23)18-11-6-13-22(16-18)26(24,25)15-7-10-17-8-4-3-5-9-17/h3-5,8-9,18H,6-7,10-16H2,1-2H3,(H,20,23)/t18-/m1/s1. The van der Waals surface area contributed by atoms with Crippen LogP contribution >= 0.6 is 0 Å². The van der Waals surface area contributed by atoms with Gasteiger partial charge in [0.2, 0.25) is 15.9 Å². The first-order chi connectivity index (χ1) is 12.4. The number of nitrogens with zero attached hydrogens (tertiary/aromatic N) is 2. The van der Waals surface area contributed by atoms with Crippen LogP contribution in [0, 0.1) is 5.92 Å². The molecule has 1 amide bonds. The molecule has 1 aliphatic rings. The molecule has 7 heteroatoms. The Morgan fingerprint density at radius 2 is 2.00 bits per heavy atom. The number of likely N-dealkylation sites (N-methyl/N-ethyl adjacent to an activating group) is 1. The second-order valence-corrected chi connectivity index (χ2v) is 9.29. The average Bonchev–Trinajstić information content (AvgIpc) is 2.62. The van der Waals surface area contributed by atoms with Crippen molar-refractivity contribution in [3.8, 4) is 0 Å². The normalized spacial score (nSPS) is 18.8. The lowest BCUT2D eigenvalue weighted by atomic mass is 9.99. The second-order valence-electron chi connectivity index (χ2n) is 7.20. The van der Waals surface area contributed by atoms with E-state index < -0.39 is 10.0 Å². The van der Waals surface area contributed by atoms with Crippen molar-refractivity contribution in [1.29, 1.82) is 0 Å². The number of sulfonamides is 1. The molecule has 146 valence electrons. The predicted octanol–water partition coefficient (Wildman–Crippen LogP) is 1.34. The predicted molar refractivity (Wildman–Crippen MR) is 104 cm³/mol. The van der Waals surface area contributed by atoms with E-state index in [0.717, 1.165) is 31.4 Å². The van der Waals surface area contributed by atoms with E-state index >= 15 is 0 Å². The molecular weight excluding hydrogens is 350 g/mol. The van der Waals surface area contributed by atoms with Gasteiger partial charge in [-0.3, -0.25) is 4.79 Å². The van der Waals surface area contributed by atoms with Crippen LogP contribution in [0.1, 0.15) is 24.8 Å². The van der Waals surface area contributed by atoms with Gasteiger partial charge in [0.25, 0.3) is 0 Å². The van der Waals surface area contributed by atoms with Crippen molar-refractivity contribution in [3.63, 3.8) is 0 Å². The lowest BCUT2D eigenvalue weighted by Gasteiger charge is -2.31. The zero-order valence-corrected chi connectivity index (χ0v) is 16.7. The van der Waals surface area contributed by atoms with Crippen LogP contribution in [0.15, 0.2) is 30.3 Å². The van der Waals surface area contributed by atoms with Crippen molar-refractivity contribution in [1.82, 2.24) is 14.5 Å². The summed E-state index contributed by atoms with van der Waals surface area (Å²) in [6.07, 6.45) is 2.85. The van der Waals surface area contributed by atoms with E-state index in [2.05, 4.69) is 5.32 Å². The number of hydrogen-bond donors (Lipinski definition) is 1. The first-order valence-electron chi connectivity index (χ1n) is 9.32. The van der Waals surface area contributed by atoms with E-state index in [1.54, 1.807) is 0 Å². The summed E-state index contributed by atoms with van der Waals surface area (Å²) in [6, 6.07) is 9.92. The van der Waals surface area contributed by atoms with Gasteiger partial charge in [-0.25, -0.2) is 12.7 Å². The molecule has 1 aliphatic heterocycles. The van der Waals surface area contributed by atoms with Crippen LogP contribution in [0.2, 0.25) is 0 Å². The minimum absolute atomic E-state index is 0.0314. The molecule has 1 fully saturated rings. The summed E-state index contributed by atoms with van der Waals surface area (Å²) in [5.41, 5.74) is 1.15. The van der Waals surface area contributed by atoms with E-state index in [9.17, 15) is 13.2 Å². The third-order valence-electron chi connectivity index (χ3n) is 4.72. The number of benzene rings is 1. The summed E-state index contributed by atoms with van der Waals surface area (Å²) in [4.78, 5) is 14.3. The number of aryl methyl sites for hydroxylation is 1. The number of carbonyl (C=O) groups excluding carboxylic acids is 1. The molecule has 1 N–H and O–H groups in total. The molecule has 0 saturated carbocycles. The Morgan fingerprint density at radius 1 is 1.27 bits per heavy atom. The Hall–Kier alpha value is -1.44. The Labute approximate surface area is 157 Å². The van der Waals surface area contributed by atoms with Crippen LogP contribution in [0.4, 0.5) is 0 Å². The van der Waals surface area contributed by atoms with Gasteiger partial charge < -0.3 is 10.2 Å².